The summed E-state index contributed by atoms with van der Waals surface area (Å²) in [5.74, 6) is 4.78. The summed E-state index contributed by atoms with van der Waals surface area (Å²) in [5, 5.41) is 9.31. The minimum absolute atomic E-state index is 0.0176. The Morgan fingerprint density at radius 1 is 0.742 bits per heavy atom. The number of ether oxygens (including phenoxy) is 2. The Labute approximate surface area is 192 Å². The number of rotatable bonds is 18. The van der Waals surface area contributed by atoms with Gasteiger partial charge < -0.3 is 14.6 Å². The molecule has 0 heterocycles. The molecule has 0 aliphatic heterocycles. The molecule has 0 amide bonds. The van der Waals surface area contributed by atoms with E-state index in [1.807, 2.05) is 18.2 Å². The van der Waals surface area contributed by atoms with Crippen LogP contribution in [-0.2, 0) is 6.61 Å². The van der Waals surface area contributed by atoms with Crippen LogP contribution < -0.4 is 9.47 Å². The Morgan fingerprint density at radius 2 is 1.26 bits per heavy atom. The maximum absolute atomic E-state index is 9.31. The van der Waals surface area contributed by atoms with Gasteiger partial charge in [0.15, 0.2) is 0 Å². The molecular weight excluding hydrogens is 384 g/mol. The largest absolute Gasteiger partial charge is 0.496 e. The number of hydrogen-bond acceptors (Lipinski definition) is 3. The van der Waals surface area contributed by atoms with Gasteiger partial charge in [-0.1, -0.05) is 92.4 Å². The van der Waals surface area contributed by atoms with Gasteiger partial charge in [0.2, 0.25) is 0 Å². The van der Waals surface area contributed by atoms with Crippen molar-refractivity contribution in [2.24, 2.45) is 23.7 Å². The summed E-state index contributed by atoms with van der Waals surface area (Å²) in [6, 6.07) is 5.64. The molecule has 1 aromatic rings. The first-order valence-electron chi connectivity index (χ1n) is 12.8. The molecule has 3 atom stereocenters. The second kappa shape index (κ2) is 16.4. The lowest BCUT2D eigenvalue weighted by Gasteiger charge is -2.16. The van der Waals surface area contributed by atoms with E-state index in [0.717, 1.165) is 42.1 Å². The summed E-state index contributed by atoms with van der Waals surface area (Å²) >= 11 is 0. The van der Waals surface area contributed by atoms with Crippen molar-refractivity contribution in [2.45, 2.75) is 105 Å². The van der Waals surface area contributed by atoms with E-state index in [9.17, 15) is 5.11 Å². The van der Waals surface area contributed by atoms with Crippen LogP contribution in [0.1, 0.15) is 104 Å². The summed E-state index contributed by atoms with van der Waals surface area (Å²) in [6.07, 6.45) is 13.4. The van der Waals surface area contributed by atoms with E-state index >= 15 is 0 Å². The average molecular weight is 435 g/mol. The minimum Gasteiger partial charge on any atom is -0.496 e. The minimum atomic E-state index is -0.0176. The van der Waals surface area contributed by atoms with Gasteiger partial charge >= 0.3 is 0 Å². The summed E-state index contributed by atoms with van der Waals surface area (Å²) in [5.41, 5.74) is 0.790. The van der Waals surface area contributed by atoms with Crippen LogP contribution in [0, 0.1) is 23.7 Å². The Balaban J connectivity index is 2.10. The molecule has 0 saturated heterocycles. The van der Waals surface area contributed by atoms with Gasteiger partial charge in [-0.05, 0) is 42.2 Å². The van der Waals surface area contributed by atoms with E-state index in [0.29, 0.717) is 11.7 Å². The van der Waals surface area contributed by atoms with E-state index < -0.39 is 0 Å². The van der Waals surface area contributed by atoms with E-state index in [1.165, 1.54) is 57.8 Å². The maximum atomic E-state index is 9.31. The highest BCUT2D eigenvalue weighted by atomic mass is 16.5. The molecule has 3 heteroatoms. The molecule has 3 nitrogen and oxygen atoms in total. The van der Waals surface area contributed by atoms with Crippen molar-refractivity contribution in [2.75, 3.05) is 13.7 Å². The molecule has 0 bridgehead atoms. The van der Waals surface area contributed by atoms with Crippen LogP contribution in [-0.4, -0.2) is 18.8 Å². The van der Waals surface area contributed by atoms with Gasteiger partial charge in [0, 0.05) is 11.6 Å². The first-order chi connectivity index (χ1) is 14.8. The predicted octanol–water partition coefficient (Wildman–Crippen LogP) is 8.03. The third kappa shape index (κ3) is 13.0. The Morgan fingerprint density at radius 3 is 1.74 bits per heavy atom. The number of aliphatic hydroxyl groups excluding tert-OH is 1. The maximum Gasteiger partial charge on any atom is 0.128 e. The molecular formula is C28H50O3. The number of hydrogen-bond donors (Lipinski definition) is 1. The molecule has 0 fully saturated rings. The molecule has 31 heavy (non-hydrogen) atoms. The standard InChI is InChI=1S/C28H50O3/c1-22(2)10-7-11-23(3)12-8-13-24(4)14-9-15-25(5)18-19-31-27-17-16-26(21-29)28(20-27)30-6/h16-17,20,22-25,29H,7-15,18-19,21H2,1-6H3. The normalized spacial score (nSPS) is 14.5. The number of methoxy groups -OCH3 is 1. The van der Waals surface area contributed by atoms with Crippen molar-refractivity contribution in [3.63, 3.8) is 0 Å². The highest BCUT2D eigenvalue weighted by Gasteiger charge is 2.09. The van der Waals surface area contributed by atoms with E-state index in [4.69, 9.17) is 9.47 Å². The van der Waals surface area contributed by atoms with Crippen molar-refractivity contribution >= 4 is 0 Å². The Bertz CT molecular complexity index is 569. The van der Waals surface area contributed by atoms with Gasteiger partial charge in [0.05, 0.1) is 20.3 Å². The number of aliphatic hydroxyl groups is 1. The molecule has 0 spiro atoms. The molecule has 0 radical (unpaired) electrons. The summed E-state index contributed by atoms with van der Waals surface area (Å²) in [7, 11) is 1.62. The molecule has 1 aromatic carbocycles. The molecule has 0 saturated carbocycles. The van der Waals surface area contributed by atoms with Crippen molar-refractivity contribution in [1.29, 1.82) is 0 Å². The van der Waals surface area contributed by atoms with Gasteiger partial charge in [0.25, 0.3) is 0 Å². The fraction of sp³-hybridized carbons (Fsp3) is 0.786. The van der Waals surface area contributed by atoms with Gasteiger partial charge in [-0.25, -0.2) is 0 Å². The summed E-state index contributed by atoms with van der Waals surface area (Å²) in [4.78, 5) is 0. The van der Waals surface area contributed by atoms with Crippen LogP contribution in [0.25, 0.3) is 0 Å². The van der Waals surface area contributed by atoms with Gasteiger partial charge in [-0.3, -0.25) is 0 Å². The lowest BCUT2D eigenvalue weighted by molar-refractivity contribution is 0.266. The molecule has 180 valence electrons. The summed E-state index contributed by atoms with van der Waals surface area (Å²) < 4.78 is 11.2. The van der Waals surface area contributed by atoms with Crippen LogP contribution in [0.3, 0.4) is 0 Å². The lowest BCUT2D eigenvalue weighted by atomic mass is 9.91. The molecule has 1 rings (SSSR count). The highest BCUT2D eigenvalue weighted by Crippen LogP contribution is 2.26. The van der Waals surface area contributed by atoms with Gasteiger partial charge in [-0.2, -0.15) is 0 Å². The Hall–Kier alpha value is -1.22. The fourth-order valence-corrected chi connectivity index (χ4v) is 4.26. The van der Waals surface area contributed by atoms with Crippen molar-refractivity contribution < 1.29 is 14.6 Å². The third-order valence-electron chi connectivity index (χ3n) is 6.57. The van der Waals surface area contributed by atoms with Crippen molar-refractivity contribution in [1.82, 2.24) is 0 Å². The molecule has 0 aliphatic rings. The van der Waals surface area contributed by atoms with Gasteiger partial charge in [-0.15, -0.1) is 0 Å². The molecule has 0 aliphatic carbocycles. The second-order valence-electron chi connectivity index (χ2n) is 10.3. The van der Waals surface area contributed by atoms with Crippen molar-refractivity contribution in [3.8, 4) is 11.5 Å². The number of benzene rings is 1. The zero-order chi connectivity index (χ0) is 23.1. The smallest absolute Gasteiger partial charge is 0.128 e. The average Bonchev–Trinajstić information content (AvgIpc) is 2.73. The van der Waals surface area contributed by atoms with Crippen LogP contribution in [0.5, 0.6) is 11.5 Å². The molecule has 1 N–H and O–H groups in total. The van der Waals surface area contributed by atoms with Crippen LogP contribution in [0.4, 0.5) is 0 Å². The lowest BCUT2D eigenvalue weighted by Crippen LogP contribution is -2.06. The topological polar surface area (TPSA) is 38.7 Å². The summed E-state index contributed by atoms with van der Waals surface area (Å²) in [6.45, 7) is 12.6. The fourth-order valence-electron chi connectivity index (χ4n) is 4.26. The molecule has 3 unspecified atom stereocenters. The zero-order valence-electron chi connectivity index (χ0n) is 21.3. The first-order valence-corrected chi connectivity index (χ1v) is 12.8. The van der Waals surface area contributed by atoms with Crippen molar-refractivity contribution in [3.05, 3.63) is 23.8 Å². The van der Waals surface area contributed by atoms with Crippen LogP contribution >= 0.6 is 0 Å². The third-order valence-corrected chi connectivity index (χ3v) is 6.57. The Kier molecular flexibility index (Phi) is 14.7. The first kappa shape index (κ1) is 27.8. The second-order valence-corrected chi connectivity index (χ2v) is 10.3. The van der Waals surface area contributed by atoms with Gasteiger partial charge in [0.1, 0.15) is 11.5 Å². The van der Waals surface area contributed by atoms with E-state index in [-0.39, 0.29) is 6.61 Å². The van der Waals surface area contributed by atoms with Crippen LogP contribution in [0.15, 0.2) is 18.2 Å². The monoisotopic (exact) mass is 434 g/mol. The predicted molar refractivity (Wildman–Crippen MR) is 133 cm³/mol. The zero-order valence-corrected chi connectivity index (χ0v) is 21.3. The van der Waals surface area contributed by atoms with E-state index in [1.54, 1.807) is 7.11 Å². The van der Waals surface area contributed by atoms with Crippen LogP contribution in [0.2, 0.25) is 0 Å². The quantitative estimate of drug-likeness (QED) is 0.254. The van der Waals surface area contributed by atoms with E-state index in [2.05, 4.69) is 34.6 Å². The highest BCUT2D eigenvalue weighted by molar-refractivity contribution is 5.40. The SMILES string of the molecule is COc1cc(OCCC(C)CCCC(C)CCCC(C)CCCC(C)C)ccc1CO. The molecule has 0 aromatic heterocycles.